The molecule has 0 bridgehead atoms. The van der Waals surface area contributed by atoms with Crippen molar-refractivity contribution in [1.29, 1.82) is 0 Å². The Balaban J connectivity index is 1.82. The molecule has 0 saturated heterocycles. The molecule has 1 amide bonds. The molecule has 0 saturated carbocycles. The molecule has 0 aliphatic carbocycles. The standard InChI is InChI=1S/C15H14BrClN2O2/c16-10-4-5-14(13(17)8-10)19-15(20)6-7-21-12-3-1-2-11(18)9-12/h1-5,8-9H,6-7,18H2,(H,19,20). The molecule has 0 aliphatic heterocycles. The minimum atomic E-state index is -0.164. The number of nitrogens with one attached hydrogen (secondary N) is 1. The molecule has 6 heteroatoms. The summed E-state index contributed by atoms with van der Waals surface area (Å²) in [5.41, 5.74) is 6.84. The molecular weight excluding hydrogens is 356 g/mol. The molecule has 0 spiro atoms. The van der Waals surface area contributed by atoms with E-state index in [2.05, 4.69) is 21.2 Å². The summed E-state index contributed by atoms with van der Waals surface area (Å²) >= 11 is 9.34. The van der Waals surface area contributed by atoms with E-state index in [1.165, 1.54) is 0 Å². The number of carbonyl (C=O) groups is 1. The molecule has 21 heavy (non-hydrogen) atoms. The second kappa shape index (κ2) is 7.33. The van der Waals surface area contributed by atoms with E-state index in [9.17, 15) is 4.79 Å². The quantitative estimate of drug-likeness (QED) is 0.780. The smallest absolute Gasteiger partial charge is 0.227 e. The number of carbonyl (C=O) groups excluding carboxylic acids is 1. The molecule has 0 radical (unpaired) electrons. The van der Waals surface area contributed by atoms with Crippen LogP contribution in [0.3, 0.4) is 0 Å². The first-order chi connectivity index (χ1) is 10.0. The van der Waals surface area contributed by atoms with Gasteiger partial charge in [-0.3, -0.25) is 4.79 Å². The van der Waals surface area contributed by atoms with Crippen LogP contribution in [0.25, 0.3) is 0 Å². The number of hydrogen-bond acceptors (Lipinski definition) is 3. The Bertz CT molecular complexity index is 649. The number of anilines is 2. The predicted molar refractivity (Wildman–Crippen MR) is 88.7 cm³/mol. The molecule has 2 aromatic rings. The van der Waals surface area contributed by atoms with E-state index in [4.69, 9.17) is 22.1 Å². The van der Waals surface area contributed by atoms with Crippen molar-refractivity contribution in [2.24, 2.45) is 0 Å². The average Bonchev–Trinajstić information content (AvgIpc) is 2.42. The lowest BCUT2D eigenvalue weighted by Crippen LogP contribution is -2.15. The third kappa shape index (κ3) is 4.95. The predicted octanol–water partition coefficient (Wildman–Crippen LogP) is 4.09. The number of amides is 1. The number of rotatable bonds is 5. The fourth-order valence-corrected chi connectivity index (χ4v) is 2.39. The van der Waals surface area contributed by atoms with Crippen molar-refractivity contribution in [3.63, 3.8) is 0 Å². The van der Waals surface area contributed by atoms with E-state index >= 15 is 0 Å². The van der Waals surface area contributed by atoms with E-state index in [1.54, 1.807) is 36.4 Å². The van der Waals surface area contributed by atoms with Crippen LogP contribution in [0.2, 0.25) is 5.02 Å². The van der Waals surface area contributed by atoms with Gasteiger partial charge in [0, 0.05) is 16.2 Å². The lowest BCUT2D eigenvalue weighted by atomic mass is 10.3. The molecule has 4 nitrogen and oxygen atoms in total. The molecule has 0 aliphatic rings. The summed E-state index contributed by atoms with van der Waals surface area (Å²) in [4.78, 5) is 11.8. The highest BCUT2D eigenvalue weighted by Crippen LogP contribution is 2.25. The Hall–Kier alpha value is -1.72. The van der Waals surface area contributed by atoms with Crippen LogP contribution < -0.4 is 15.8 Å². The topological polar surface area (TPSA) is 64.3 Å². The number of ether oxygens (including phenoxy) is 1. The summed E-state index contributed by atoms with van der Waals surface area (Å²) in [6, 6.07) is 12.3. The minimum absolute atomic E-state index is 0.164. The summed E-state index contributed by atoms with van der Waals surface area (Å²) in [7, 11) is 0. The van der Waals surface area contributed by atoms with Gasteiger partial charge in [0.2, 0.25) is 5.91 Å². The summed E-state index contributed by atoms with van der Waals surface area (Å²) in [6.07, 6.45) is 0.223. The van der Waals surface area contributed by atoms with Gasteiger partial charge in [0.25, 0.3) is 0 Å². The van der Waals surface area contributed by atoms with Crippen LogP contribution in [-0.2, 0) is 4.79 Å². The van der Waals surface area contributed by atoms with E-state index in [0.29, 0.717) is 22.1 Å². The van der Waals surface area contributed by atoms with Crippen molar-refractivity contribution in [3.8, 4) is 5.75 Å². The molecule has 0 heterocycles. The average molecular weight is 370 g/mol. The number of hydrogen-bond donors (Lipinski definition) is 2. The zero-order valence-electron chi connectivity index (χ0n) is 11.1. The first kappa shape index (κ1) is 15.7. The number of halogens is 2. The van der Waals surface area contributed by atoms with Crippen LogP contribution in [0.5, 0.6) is 5.75 Å². The van der Waals surface area contributed by atoms with Gasteiger partial charge in [0.15, 0.2) is 0 Å². The van der Waals surface area contributed by atoms with Crippen LogP contribution >= 0.6 is 27.5 Å². The molecule has 2 aromatic carbocycles. The van der Waals surface area contributed by atoms with Crippen LogP contribution in [0.1, 0.15) is 6.42 Å². The maximum absolute atomic E-state index is 11.8. The Morgan fingerprint density at radius 2 is 2.10 bits per heavy atom. The Labute approximate surface area is 136 Å². The molecule has 110 valence electrons. The van der Waals surface area contributed by atoms with E-state index < -0.39 is 0 Å². The monoisotopic (exact) mass is 368 g/mol. The van der Waals surface area contributed by atoms with Gasteiger partial charge in [-0.1, -0.05) is 33.6 Å². The van der Waals surface area contributed by atoms with Gasteiger partial charge in [0.05, 0.1) is 23.7 Å². The van der Waals surface area contributed by atoms with Crippen molar-refractivity contribution in [2.45, 2.75) is 6.42 Å². The van der Waals surface area contributed by atoms with Gasteiger partial charge in [-0.25, -0.2) is 0 Å². The fourth-order valence-electron chi connectivity index (χ4n) is 1.67. The minimum Gasteiger partial charge on any atom is -0.493 e. The Morgan fingerprint density at radius 1 is 1.29 bits per heavy atom. The first-order valence-electron chi connectivity index (χ1n) is 6.28. The molecule has 3 N–H and O–H groups in total. The third-order valence-electron chi connectivity index (χ3n) is 2.66. The zero-order valence-corrected chi connectivity index (χ0v) is 13.4. The molecule has 0 unspecified atom stereocenters. The Morgan fingerprint density at radius 3 is 2.81 bits per heavy atom. The van der Waals surface area contributed by atoms with Crippen molar-refractivity contribution in [3.05, 3.63) is 52.0 Å². The summed E-state index contributed by atoms with van der Waals surface area (Å²) in [6.45, 7) is 0.267. The largest absolute Gasteiger partial charge is 0.493 e. The summed E-state index contributed by atoms with van der Waals surface area (Å²) < 4.78 is 6.32. The van der Waals surface area contributed by atoms with Gasteiger partial charge in [-0.05, 0) is 30.3 Å². The first-order valence-corrected chi connectivity index (χ1v) is 7.45. The normalized spacial score (nSPS) is 10.2. The maximum Gasteiger partial charge on any atom is 0.227 e. The highest BCUT2D eigenvalue weighted by Gasteiger charge is 2.06. The van der Waals surface area contributed by atoms with Crippen molar-refractivity contribution in [2.75, 3.05) is 17.7 Å². The van der Waals surface area contributed by atoms with Gasteiger partial charge in [0.1, 0.15) is 5.75 Å². The van der Waals surface area contributed by atoms with Crippen molar-refractivity contribution in [1.82, 2.24) is 0 Å². The SMILES string of the molecule is Nc1cccc(OCCC(=O)Nc2ccc(Br)cc2Cl)c1. The van der Waals surface area contributed by atoms with E-state index in [-0.39, 0.29) is 18.9 Å². The van der Waals surface area contributed by atoms with E-state index in [1.807, 2.05) is 6.07 Å². The van der Waals surface area contributed by atoms with E-state index in [0.717, 1.165) is 4.47 Å². The fraction of sp³-hybridized carbons (Fsp3) is 0.133. The summed E-state index contributed by atoms with van der Waals surface area (Å²) in [5, 5.41) is 3.22. The lowest BCUT2D eigenvalue weighted by Gasteiger charge is -2.09. The molecule has 0 atom stereocenters. The molecule has 0 aromatic heterocycles. The van der Waals surface area contributed by atoms with Crippen LogP contribution in [0.15, 0.2) is 46.9 Å². The highest BCUT2D eigenvalue weighted by molar-refractivity contribution is 9.10. The van der Waals surface area contributed by atoms with Gasteiger partial charge < -0.3 is 15.8 Å². The van der Waals surface area contributed by atoms with Crippen LogP contribution in [-0.4, -0.2) is 12.5 Å². The van der Waals surface area contributed by atoms with Crippen LogP contribution in [0, 0.1) is 0 Å². The number of nitrogen functional groups attached to an aromatic ring is 1. The number of nitrogens with two attached hydrogens (primary N) is 1. The van der Waals surface area contributed by atoms with Crippen molar-refractivity contribution >= 4 is 44.8 Å². The third-order valence-corrected chi connectivity index (χ3v) is 3.47. The molecule has 2 rings (SSSR count). The second-order valence-corrected chi connectivity index (χ2v) is 5.67. The van der Waals surface area contributed by atoms with Gasteiger partial charge in [-0.15, -0.1) is 0 Å². The highest BCUT2D eigenvalue weighted by atomic mass is 79.9. The van der Waals surface area contributed by atoms with Crippen molar-refractivity contribution < 1.29 is 9.53 Å². The van der Waals surface area contributed by atoms with Gasteiger partial charge in [-0.2, -0.15) is 0 Å². The lowest BCUT2D eigenvalue weighted by molar-refractivity contribution is -0.116. The van der Waals surface area contributed by atoms with Crippen LogP contribution in [0.4, 0.5) is 11.4 Å². The molecular formula is C15H14BrClN2O2. The second-order valence-electron chi connectivity index (χ2n) is 4.34. The zero-order chi connectivity index (χ0) is 15.2. The number of benzene rings is 2. The van der Waals surface area contributed by atoms with Gasteiger partial charge >= 0.3 is 0 Å². The maximum atomic E-state index is 11.8. The Kier molecular flexibility index (Phi) is 5.47. The summed E-state index contributed by atoms with van der Waals surface area (Å²) in [5.74, 6) is 0.479. The molecule has 0 fully saturated rings.